The molecule has 0 aliphatic rings. The van der Waals surface area contributed by atoms with E-state index in [0.717, 1.165) is 9.46 Å². The summed E-state index contributed by atoms with van der Waals surface area (Å²) < 4.78 is 2.35. The number of para-hydroxylation sites is 1. The Morgan fingerprint density at radius 3 is 2.50 bits per heavy atom. The number of rotatable bonds is 5. The van der Waals surface area contributed by atoms with Gasteiger partial charge in [0.25, 0.3) is 5.56 Å². The normalized spacial score (nSPS) is 11.0. The van der Waals surface area contributed by atoms with Crippen molar-refractivity contribution in [3.63, 3.8) is 0 Å². The van der Waals surface area contributed by atoms with Crippen LogP contribution in [0.15, 0.2) is 75.1 Å². The predicted molar refractivity (Wildman–Crippen MR) is 128 cm³/mol. The molecule has 1 N–H and O–H groups in total. The molecule has 0 atom stereocenters. The summed E-state index contributed by atoms with van der Waals surface area (Å²) in [5, 5.41) is 3.09. The van der Waals surface area contributed by atoms with Gasteiger partial charge in [0.2, 0.25) is 5.91 Å². The Bertz CT molecular complexity index is 1440. The smallest absolute Gasteiger partial charge is 0.324 e. The van der Waals surface area contributed by atoms with Crippen LogP contribution in [-0.4, -0.2) is 26.3 Å². The molecule has 2 heterocycles. The topological polar surface area (TPSA) is 86.0 Å². The molecule has 4 rings (SSSR count). The van der Waals surface area contributed by atoms with Crippen molar-refractivity contribution in [2.45, 2.75) is 25.3 Å². The summed E-state index contributed by atoms with van der Waals surface area (Å²) in [6.45, 7) is 3.21. The maximum atomic E-state index is 13.4. The molecule has 162 valence electrons. The van der Waals surface area contributed by atoms with Crippen LogP contribution in [0.2, 0.25) is 0 Å². The number of amides is 1. The van der Waals surface area contributed by atoms with E-state index < -0.39 is 23.7 Å². The SMILES string of the molecule is CSc1cccc(NC(=O)Cn2c(=O)c3c(C)cc(C)nc3n(-c3ccccc3)c2=O)c1. The number of carbonyl (C=O) groups excluding carboxylic acids is 1. The summed E-state index contributed by atoms with van der Waals surface area (Å²) in [4.78, 5) is 44.9. The highest BCUT2D eigenvalue weighted by atomic mass is 32.2. The second kappa shape index (κ2) is 8.84. The van der Waals surface area contributed by atoms with E-state index in [-0.39, 0.29) is 5.65 Å². The summed E-state index contributed by atoms with van der Waals surface area (Å²) >= 11 is 1.56. The molecule has 1 amide bonds. The molecule has 2 aromatic heterocycles. The Kier molecular flexibility index (Phi) is 5.96. The average molecular weight is 447 g/mol. The Balaban J connectivity index is 1.85. The van der Waals surface area contributed by atoms with Gasteiger partial charge >= 0.3 is 5.69 Å². The highest BCUT2D eigenvalue weighted by molar-refractivity contribution is 7.98. The summed E-state index contributed by atoms with van der Waals surface area (Å²) in [7, 11) is 0. The van der Waals surface area contributed by atoms with Crippen molar-refractivity contribution >= 4 is 34.4 Å². The number of fused-ring (bicyclic) bond motifs is 1. The molecular formula is C24H22N4O3S. The summed E-state index contributed by atoms with van der Waals surface area (Å²) in [5.74, 6) is -0.459. The van der Waals surface area contributed by atoms with Crippen LogP contribution in [0.1, 0.15) is 11.3 Å². The number of thioether (sulfide) groups is 1. The van der Waals surface area contributed by atoms with Gasteiger partial charge in [-0.3, -0.25) is 9.59 Å². The first-order valence-electron chi connectivity index (χ1n) is 10.0. The molecule has 0 spiro atoms. The van der Waals surface area contributed by atoms with E-state index in [2.05, 4.69) is 10.3 Å². The largest absolute Gasteiger partial charge is 0.337 e. The average Bonchev–Trinajstić information content (AvgIpc) is 2.77. The molecule has 0 saturated carbocycles. The lowest BCUT2D eigenvalue weighted by Crippen LogP contribution is -2.42. The van der Waals surface area contributed by atoms with Gasteiger partial charge in [-0.15, -0.1) is 11.8 Å². The minimum absolute atomic E-state index is 0.285. The van der Waals surface area contributed by atoms with Gasteiger partial charge < -0.3 is 5.32 Å². The molecule has 7 nitrogen and oxygen atoms in total. The van der Waals surface area contributed by atoms with Crippen molar-refractivity contribution in [2.75, 3.05) is 11.6 Å². The van der Waals surface area contributed by atoms with Crippen LogP contribution < -0.4 is 16.6 Å². The Morgan fingerprint density at radius 2 is 1.78 bits per heavy atom. The lowest BCUT2D eigenvalue weighted by atomic mass is 10.1. The first-order chi connectivity index (χ1) is 15.4. The zero-order chi connectivity index (χ0) is 22.8. The Morgan fingerprint density at radius 1 is 1.03 bits per heavy atom. The Hall–Kier alpha value is -3.65. The summed E-state index contributed by atoms with van der Waals surface area (Å²) in [6.07, 6.45) is 1.94. The number of nitrogens with zero attached hydrogens (tertiary/aromatic N) is 3. The monoisotopic (exact) mass is 446 g/mol. The molecule has 8 heteroatoms. The summed E-state index contributed by atoms with van der Waals surface area (Å²) in [5.41, 5.74) is 1.71. The third-order valence-electron chi connectivity index (χ3n) is 5.09. The number of nitrogens with one attached hydrogen (secondary N) is 1. The number of aromatic nitrogens is 3. The lowest BCUT2D eigenvalue weighted by molar-refractivity contribution is -0.116. The van der Waals surface area contributed by atoms with E-state index in [4.69, 9.17) is 0 Å². The quantitative estimate of drug-likeness (QED) is 0.474. The van der Waals surface area contributed by atoms with Gasteiger partial charge in [0.1, 0.15) is 6.54 Å². The highest BCUT2D eigenvalue weighted by Crippen LogP contribution is 2.19. The van der Waals surface area contributed by atoms with Gasteiger partial charge in [-0.05, 0) is 62.1 Å². The van der Waals surface area contributed by atoms with Crippen molar-refractivity contribution in [3.8, 4) is 5.69 Å². The fourth-order valence-electron chi connectivity index (χ4n) is 3.67. The highest BCUT2D eigenvalue weighted by Gasteiger charge is 2.19. The number of aryl methyl sites for hydroxylation is 2. The first-order valence-corrected chi connectivity index (χ1v) is 11.2. The molecule has 2 aromatic carbocycles. The van der Waals surface area contributed by atoms with Crippen molar-refractivity contribution in [1.82, 2.24) is 14.1 Å². The minimum Gasteiger partial charge on any atom is -0.324 e. The third-order valence-corrected chi connectivity index (χ3v) is 5.81. The van der Waals surface area contributed by atoms with Gasteiger partial charge in [0.15, 0.2) is 5.65 Å². The number of benzene rings is 2. The molecule has 0 aliphatic carbocycles. The van der Waals surface area contributed by atoms with Crippen LogP contribution in [0.3, 0.4) is 0 Å². The number of anilines is 1. The van der Waals surface area contributed by atoms with E-state index in [0.29, 0.717) is 28.0 Å². The second-order valence-electron chi connectivity index (χ2n) is 7.40. The molecular weight excluding hydrogens is 424 g/mol. The molecule has 0 bridgehead atoms. The zero-order valence-corrected chi connectivity index (χ0v) is 18.8. The van der Waals surface area contributed by atoms with Gasteiger partial charge in [-0.2, -0.15) is 0 Å². The van der Waals surface area contributed by atoms with E-state index in [1.807, 2.05) is 37.4 Å². The molecule has 4 aromatic rings. The molecule has 0 unspecified atom stereocenters. The zero-order valence-electron chi connectivity index (χ0n) is 18.0. The second-order valence-corrected chi connectivity index (χ2v) is 8.28. The van der Waals surface area contributed by atoms with Gasteiger partial charge in [0, 0.05) is 16.3 Å². The van der Waals surface area contributed by atoms with Crippen LogP contribution in [-0.2, 0) is 11.3 Å². The lowest BCUT2D eigenvalue weighted by Gasteiger charge is -2.15. The van der Waals surface area contributed by atoms with Crippen molar-refractivity contribution in [2.24, 2.45) is 0 Å². The maximum absolute atomic E-state index is 13.4. The van der Waals surface area contributed by atoms with Gasteiger partial charge in [-0.1, -0.05) is 24.3 Å². The minimum atomic E-state index is -0.612. The molecule has 32 heavy (non-hydrogen) atoms. The number of hydrogen-bond donors (Lipinski definition) is 1. The molecule has 0 fully saturated rings. The molecule has 0 saturated heterocycles. The van der Waals surface area contributed by atoms with Crippen LogP contribution in [0, 0.1) is 13.8 Å². The van der Waals surface area contributed by atoms with Gasteiger partial charge in [-0.25, -0.2) is 18.9 Å². The number of carbonyl (C=O) groups is 1. The molecule has 0 aliphatic heterocycles. The fourth-order valence-corrected chi connectivity index (χ4v) is 4.13. The summed E-state index contributed by atoms with van der Waals surface area (Å²) in [6, 6.07) is 18.1. The van der Waals surface area contributed by atoms with Crippen molar-refractivity contribution in [1.29, 1.82) is 0 Å². The van der Waals surface area contributed by atoms with Crippen LogP contribution in [0.5, 0.6) is 0 Å². The van der Waals surface area contributed by atoms with Crippen molar-refractivity contribution < 1.29 is 4.79 Å². The third kappa shape index (κ3) is 4.09. The Labute approximate surface area is 188 Å². The van der Waals surface area contributed by atoms with E-state index in [1.165, 1.54) is 4.57 Å². The fraction of sp³-hybridized carbons (Fsp3) is 0.167. The van der Waals surface area contributed by atoms with E-state index in [9.17, 15) is 14.4 Å². The van der Waals surface area contributed by atoms with Gasteiger partial charge in [0.05, 0.1) is 11.1 Å². The predicted octanol–water partition coefficient (Wildman–Crippen LogP) is 3.52. The maximum Gasteiger partial charge on any atom is 0.337 e. The van der Waals surface area contributed by atoms with E-state index in [1.54, 1.807) is 55.1 Å². The molecule has 0 radical (unpaired) electrons. The standard InChI is InChI=1S/C24H22N4O3S/c1-15-12-16(2)25-22-21(15)23(30)27(24(31)28(22)18-9-5-4-6-10-18)14-20(29)26-17-8-7-11-19(13-17)32-3/h4-13H,14H2,1-3H3,(H,26,29). The van der Waals surface area contributed by atoms with Crippen molar-refractivity contribution in [3.05, 3.63) is 92.8 Å². The first kappa shape index (κ1) is 21.6. The number of hydrogen-bond acceptors (Lipinski definition) is 5. The number of pyridine rings is 1. The van der Waals surface area contributed by atoms with Crippen LogP contribution in [0.25, 0.3) is 16.7 Å². The van der Waals surface area contributed by atoms with Crippen LogP contribution >= 0.6 is 11.8 Å². The van der Waals surface area contributed by atoms with Crippen LogP contribution in [0.4, 0.5) is 5.69 Å². The van der Waals surface area contributed by atoms with E-state index >= 15 is 0 Å².